The maximum Gasteiger partial charge on any atom is 0.408 e. The maximum atomic E-state index is 12.9. The van der Waals surface area contributed by atoms with Crippen molar-refractivity contribution in [2.45, 2.75) is 104 Å². The molecule has 1 aliphatic rings. The van der Waals surface area contributed by atoms with Gasteiger partial charge in [-0.05, 0) is 73.3 Å². The van der Waals surface area contributed by atoms with E-state index in [1.54, 1.807) is 26.8 Å². The van der Waals surface area contributed by atoms with Gasteiger partial charge in [0.15, 0.2) is 0 Å². The number of amides is 2. The van der Waals surface area contributed by atoms with Gasteiger partial charge in [-0.25, -0.2) is 4.79 Å². The van der Waals surface area contributed by atoms with Crippen LogP contribution in [-0.2, 0) is 19.1 Å². The van der Waals surface area contributed by atoms with E-state index in [1.807, 2.05) is 34.6 Å². The van der Waals surface area contributed by atoms with Gasteiger partial charge in [0, 0.05) is 12.6 Å². The minimum atomic E-state index is -0.727. The summed E-state index contributed by atoms with van der Waals surface area (Å²) in [7, 11) is 0. The number of hydrogen-bond donors (Lipinski definition) is 2. The van der Waals surface area contributed by atoms with Crippen LogP contribution >= 0.6 is 0 Å². The number of alkyl carbamates (subject to hydrolysis) is 1. The SMILES string of the molecule is C=CC[C@H](CNC(=O)[C@@H](NC(=O)OC(C)(C)C)C(C)C)N1CCC[C@H]1C(=O)OC(C)(C)C. The van der Waals surface area contributed by atoms with Crippen molar-refractivity contribution in [1.29, 1.82) is 0 Å². The predicted octanol–water partition coefficient (Wildman–Crippen LogP) is 3.40. The van der Waals surface area contributed by atoms with Crippen molar-refractivity contribution in [2.75, 3.05) is 13.1 Å². The third-order valence-electron chi connectivity index (χ3n) is 5.01. The third-order valence-corrected chi connectivity index (χ3v) is 5.01. The molecule has 2 amide bonds. The van der Waals surface area contributed by atoms with E-state index in [0.717, 1.165) is 19.4 Å². The van der Waals surface area contributed by atoms with Gasteiger partial charge in [0.1, 0.15) is 23.3 Å². The lowest BCUT2D eigenvalue weighted by molar-refractivity contribution is -0.161. The van der Waals surface area contributed by atoms with Gasteiger partial charge < -0.3 is 20.1 Å². The second-order valence-electron chi connectivity index (χ2n) is 10.7. The van der Waals surface area contributed by atoms with Gasteiger partial charge in [-0.2, -0.15) is 0 Å². The molecule has 0 aromatic carbocycles. The molecule has 1 saturated heterocycles. The van der Waals surface area contributed by atoms with E-state index in [0.29, 0.717) is 13.0 Å². The van der Waals surface area contributed by atoms with Gasteiger partial charge in [0.2, 0.25) is 5.91 Å². The lowest BCUT2D eigenvalue weighted by Gasteiger charge is -2.33. The van der Waals surface area contributed by atoms with Gasteiger partial charge in [0.25, 0.3) is 0 Å². The molecule has 0 aromatic rings. The number of rotatable bonds is 9. The van der Waals surface area contributed by atoms with Crippen LogP contribution in [0.3, 0.4) is 0 Å². The molecule has 3 atom stereocenters. The molecule has 8 nitrogen and oxygen atoms in total. The van der Waals surface area contributed by atoms with E-state index in [-0.39, 0.29) is 29.9 Å². The number of hydrogen-bond acceptors (Lipinski definition) is 6. The molecule has 2 N–H and O–H groups in total. The molecular formula is C24H43N3O5. The molecule has 1 aliphatic heterocycles. The van der Waals surface area contributed by atoms with Crippen LogP contribution in [0.25, 0.3) is 0 Å². The van der Waals surface area contributed by atoms with Crippen LogP contribution in [0, 0.1) is 5.92 Å². The number of carbonyl (C=O) groups excluding carboxylic acids is 3. The van der Waals surface area contributed by atoms with Gasteiger partial charge in [-0.1, -0.05) is 19.9 Å². The molecule has 1 rings (SSSR count). The van der Waals surface area contributed by atoms with Gasteiger partial charge >= 0.3 is 12.1 Å². The van der Waals surface area contributed by atoms with Crippen LogP contribution in [0.15, 0.2) is 12.7 Å². The van der Waals surface area contributed by atoms with Crippen LogP contribution in [0.4, 0.5) is 4.79 Å². The number of esters is 1. The van der Waals surface area contributed by atoms with Crippen molar-refractivity contribution in [3.05, 3.63) is 12.7 Å². The molecule has 0 aromatic heterocycles. The highest BCUT2D eigenvalue weighted by molar-refractivity contribution is 5.86. The van der Waals surface area contributed by atoms with Crippen molar-refractivity contribution >= 4 is 18.0 Å². The fourth-order valence-corrected chi connectivity index (χ4v) is 3.68. The Kier molecular flexibility index (Phi) is 10.2. The Morgan fingerprint density at radius 2 is 1.69 bits per heavy atom. The summed E-state index contributed by atoms with van der Waals surface area (Å²) in [4.78, 5) is 39.9. The summed E-state index contributed by atoms with van der Waals surface area (Å²) in [6.45, 7) is 19.5. The lowest BCUT2D eigenvalue weighted by Crippen LogP contribution is -2.54. The summed E-state index contributed by atoms with van der Waals surface area (Å²) >= 11 is 0. The fraction of sp³-hybridized carbons (Fsp3) is 0.792. The van der Waals surface area contributed by atoms with Crippen molar-refractivity contribution in [2.24, 2.45) is 5.92 Å². The first kappa shape index (κ1) is 27.9. The standard InChI is InChI=1S/C24H43N3O5/c1-10-12-17(27-14-11-13-18(27)21(29)31-23(4,5)6)15-25-20(28)19(16(2)3)26-22(30)32-24(7,8)9/h10,16-19H,1,11-15H2,2-9H3,(H,25,28)(H,26,30)/t17-,18+,19+/m1/s1. The minimum Gasteiger partial charge on any atom is -0.459 e. The highest BCUT2D eigenvalue weighted by Crippen LogP contribution is 2.24. The topological polar surface area (TPSA) is 97.0 Å². The average Bonchev–Trinajstić information content (AvgIpc) is 3.09. The molecular weight excluding hydrogens is 410 g/mol. The smallest absolute Gasteiger partial charge is 0.408 e. The van der Waals surface area contributed by atoms with E-state index in [4.69, 9.17) is 9.47 Å². The summed E-state index contributed by atoms with van der Waals surface area (Å²) in [6.07, 6.45) is 3.40. The Morgan fingerprint density at radius 1 is 1.09 bits per heavy atom. The van der Waals surface area contributed by atoms with Crippen molar-refractivity contribution in [3.63, 3.8) is 0 Å². The minimum absolute atomic E-state index is 0.0918. The average molecular weight is 454 g/mol. The zero-order valence-electron chi connectivity index (χ0n) is 21.1. The first-order valence-corrected chi connectivity index (χ1v) is 11.5. The molecule has 1 heterocycles. The lowest BCUT2D eigenvalue weighted by atomic mass is 10.0. The highest BCUT2D eigenvalue weighted by atomic mass is 16.6. The molecule has 8 heteroatoms. The van der Waals surface area contributed by atoms with Crippen LogP contribution in [0.5, 0.6) is 0 Å². The first-order valence-electron chi connectivity index (χ1n) is 11.5. The summed E-state index contributed by atoms with van der Waals surface area (Å²) in [5, 5.41) is 5.62. The Hall–Kier alpha value is -2.09. The maximum absolute atomic E-state index is 12.9. The van der Waals surface area contributed by atoms with E-state index in [9.17, 15) is 14.4 Å². The van der Waals surface area contributed by atoms with Crippen LogP contribution < -0.4 is 10.6 Å². The molecule has 184 valence electrons. The normalized spacial score (nSPS) is 19.2. The Labute approximate surface area is 193 Å². The Balaban J connectivity index is 2.82. The molecule has 0 radical (unpaired) electrons. The zero-order valence-corrected chi connectivity index (χ0v) is 21.1. The van der Waals surface area contributed by atoms with E-state index >= 15 is 0 Å². The molecule has 0 saturated carbocycles. The Bertz CT molecular complexity index is 664. The van der Waals surface area contributed by atoms with Crippen molar-refractivity contribution in [1.82, 2.24) is 15.5 Å². The molecule has 32 heavy (non-hydrogen) atoms. The zero-order chi connectivity index (χ0) is 24.7. The summed E-state index contributed by atoms with van der Waals surface area (Å²) in [5.41, 5.74) is -1.20. The van der Waals surface area contributed by atoms with Gasteiger partial charge in [0.05, 0.1) is 0 Å². The largest absolute Gasteiger partial charge is 0.459 e. The van der Waals surface area contributed by atoms with E-state index in [2.05, 4.69) is 22.1 Å². The summed E-state index contributed by atoms with van der Waals surface area (Å²) in [5.74, 6) is -0.642. The van der Waals surface area contributed by atoms with Crippen molar-refractivity contribution in [3.8, 4) is 0 Å². The summed E-state index contributed by atoms with van der Waals surface area (Å²) < 4.78 is 10.9. The number of ether oxygens (including phenoxy) is 2. The van der Waals surface area contributed by atoms with Gasteiger partial charge in [-0.3, -0.25) is 14.5 Å². The fourth-order valence-electron chi connectivity index (χ4n) is 3.68. The quantitative estimate of drug-likeness (QED) is 0.410. The second kappa shape index (κ2) is 11.7. The number of nitrogens with one attached hydrogen (secondary N) is 2. The van der Waals surface area contributed by atoms with Crippen LogP contribution in [0.1, 0.15) is 74.7 Å². The molecule has 0 spiro atoms. The molecule has 0 bridgehead atoms. The second-order valence-corrected chi connectivity index (χ2v) is 10.7. The van der Waals surface area contributed by atoms with Crippen LogP contribution in [-0.4, -0.2) is 65.3 Å². The molecule has 1 fully saturated rings. The van der Waals surface area contributed by atoms with Gasteiger partial charge in [-0.15, -0.1) is 6.58 Å². The van der Waals surface area contributed by atoms with E-state index < -0.39 is 23.3 Å². The summed E-state index contributed by atoms with van der Waals surface area (Å²) in [6, 6.07) is -1.16. The van der Waals surface area contributed by atoms with E-state index in [1.165, 1.54) is 0 Å². The number of likely N-dealkylation sites (tertiary alicyclic amines) is 1. The molecule has 0 unspecified atom stereocenters. The highest BCUT2D eigenvalue weighted by Gasteiger charge is 2.38. The third kappa shape index (κ3) is 9.59. The monoisotopic (exact) mass is 453 g/mol. The predicted molar refractivity (Wildman–Crippen MR) is 125 cm³/mol. The molecule has 0 aliphatic carbocycles. The number of nitrogens with zero attached hydrogens (tertiary/aromatic N) is 1. The van der Waals surface area contributed by atoms with Crippen molar-refractivity contribution < 1.29 is 23.9 Å². The first-order chi connectivity index (χ1) is 14.6. The van der Waals surface area contributed by atoms with Crippen LogP contribution in [0.2, 0.25) is 0 Å². The Morgan fingerprint density at radius 3 is 2.19 bits per heavy atom. The number of carbonyl (C=O) groups is 3.